The Bertz CT molecular complexity index is 676. The van der Waals surface area contributed by atoms with E-state index >= 15 is 0 Å². The predicted molar refractivity (Wildman–Crippen MR) is 129 cm³/mol. The number of rotatable bonds is 8. The Balaban J connectivity index is 1.41. The zero-order chi connectivity index (χ0) is 22.1. The van der Waals surface area contributed by atoms with Crippen LogP contribution in [0, 0.1) is 0 Å². The smallest absolute Gasteiger partial charge is 0.191 e. The third-order valence-corrected chi connectivity index (χ3v) is 6.58. The first-order valence-electron chi connectivity index (χ1n) is 11.8. The molecule has 1 aromatic carbocycles. The first-order chi connectivity index (χ1) is 15.0. The number of guanidine groups is 1. The van der Waals surface area contributed by atoms with Crippen LogP contribution in [0.1, 0.15) is 31.9 Å². The van der Waals surface area contributed by atoms with Crippen molar-refractivity contribution in [3.8, 4) is 0 Å². The summed E-state index contributed by atoms with van der Waals surface area (Å²) in [5, 5.41) is 6.95. The van der Waals surface area contributed by atoms with E-state index in [0.29, 0.717) is 0 Å². The molecule has 0 atom stereocenters. The largest absolute Gasteiger partial charge is 0.379 e. The normalized spacial score (nSPS) is 20.1. The van der Waals surface area contributed by atoms with Crippen molar-refractivity contribution < 1.29 is 4.74 Å². The topological polar surface area (TPSA) is 55.4 Å². The fourth-order valence-corrected chi connectivity index (χ4v) is 4.27. The maximum atomic E-state index is 5.49. The summed E-state index contributed by atoms with van der Waals surface area (Å²) in [6, 6.07) is 8.99. The van der Waals surface area contributed by atoms with E-state index in [1.807, 2.05) is 7.05 Å². The van der Waals surface area contributed by atoms with Crippen LogP contribution in [0.5, 0.6) is 0 Å². The van der Waals surface area contributed by atoms with E-state index < -0.39 is 0 Å². The maximum absolute atomic E-state index is 5.49. The molecule has 2 N–H and O–H groups in total. The van der Waals surface area contributed by atoms with Gasteiger partial charge in [-0.15, -0.1) is 0 Å². The van der Waals surface area contributed by atoms with Crippen molar-refractivity contribution >= 4 is 5.96 Å². The quantitative estimate of drug-likeness (QED) is 0.483. The Hall–Kier alpha value is -1.67. The lowest BCUT2D eigenvalue weighted by Gasteiger charge is -2.41. The average molecular weight is 431 g/mol. The van der Waals surface area contributed by atoms with Gasteiger partial charge in [0.05, 0.1) is 13.2 Å². The zero-order valence-corrected chi connectivity index (χ0v) is 20.0. The molecular weight excluding hydrogens is 388 g/mol. The van der Waals surface area contributed by atoms with Crippen LogP contribution in [0.2, 0.25) is 0 Å². The van der Waals surface area contributed by atoms with Crippen molar-refractivity contribution in [3.63, 3.8) is 0 Å². The molecule has 0 aliphatic carbocycles. The molecule has 0 amide bonds. The van der Waals surface area contributed by atoms with Crippen LogP contribution in [-0.4, -0.2) is 98.8 Å². The molecule has 0 aromatic heterocycles. The molecule has 2 fully saturated rings. The third-order valence-electron chi connectivity index (χ3n) is 6.58. The van der Waals surface area contributed by atoms with Gasteiger partial charge in [-0.05, 0) is 31.5 Å². The first-order valence-corrected chi connectivity index (χ1v) is 11.8. The van der Waals surface area contributed by atoms with Crippen molar-refractivity contribution in [2.45, 2.75) is 39.4 Å². The van der Waals surface area contributed by atoms with Gasteiger partial charge in [0.1, 0.15) is 0 Å². The highest BCUT2D eigenvalue weighted by molar-refractivity contribution is 5.79. The Morgan fingerprint density at radius 1 is 0.935 bits per heavy atom. The zero-order valence-electron chi connectivity index (χ0n) is 20.0. The molecule has 0 unspecified atom stereocenters. The molecule has 2 aliphatic rings. The summed E-state index contributed by atoms with van der Waals surface area (Å²) in [6.07, 6.45) is 0. The Labute approximate surface area is 188 Å². The van der Waals surface area contributed by atoms with Gasteiger partial charge in [0, 0.05) is 71.5 Å². The standard InChI is InChI=1S/C24H42N6O/c1-5-28-10-12-29(13-11-28)19-22-8-6-21(7-9-22)18-26-23(25-4)27-20-24(2,3)30-14-16-31-17-15-30/h6-9H,5,10-20H2,1-4H3,(H2,25,26,27). The number of aliphatic imine (C=N–C) groups is 1. The van der Waals surface area contributed by atoms with Crippen molar-refractivity contribution in [1.82, 2.24) is 25.3 Å². The van der Waals surface area contributed by atoms with E-state index in [1.54, 1.807) is 0 Å². The van der Waals surface area contributed by atoms with Crippen LogP contribution in [-0.2, 0) is 17.8 Å². The number of hydrogen-bond acceptors (Lipinski definition) is 5. The minimum Gasteiger partial charge on any atom is -0.379 e. The lowest BCUT2D eigenvalue weighted by Crippen LogP contribution is -2.56. The second-order valence-corrected chi connectivity index (χ2v) is 9.22. The predicted octanol–water partition coefficient (Wildman–Crippen LogP) is 1.60. The van der Waals surface area contributed by atoms with Gasteiger partial charge in [0.2, 0.25) is 0 Å². The first kappa shape index (κ1) is 24.0. The number of ether oxygens (including phenoxy) is 1. The lowest BCUT2D eigenvalue weighted by molar-refractivity contribution is -0.00834. The van der Waals surface area contributed by atoms with E-state index in [9.17, 15) is 0 Å². The van der Waals surface area contributed by atoms with E-state index in [4.69, 9.17) is 4.74 Å². The molecule has 2 heterocycles. The third kappa shape index (κ3) is 7.45. The van der Waals surface area contributed by atoms with Gasteiger partial charge in [-0.1, -0.05) is 31.2 Å². The molecule has 174 valence electrons. The molecule has 0 saturated carbocycles. The van der Waals surface area contributed by atoms with Gasteiger partial charge in [-0.2, -0.15) is 0 Å². The summed E-state index contributed by atoms with van der Waals surface area (Å²) < 4.78 is 5.49. The van der Waals surface area contributed by atoms with Crippen LogP contribution >= 0.6 is 0 Å². The van der Waals surface area contributed by atoms with Crippen LogP contribution in [0.3, 0.4) is 0 Å². The number of piperazine rings is 1. The van der Waals surface area contributed by atoms with Gasteiger partial charge in [-0.25, -0.2) is 0 Å². The second kappa shape index (κ2) is 11.8. The molecule has 0 spiro atoms. The van der Waals surface area contributed by atoms with Crippen LogP contribution in [0.4, 0.5) is 0 Å². The summed E-state index contributed by atoms with van der Waals surface area (Å²) >= 11 is 0. The fraction of sp³-hybridized carbons (Fsp3) is 0.708. The molecular formula is C24H42N6O. The number of nitrogens with one attached hydrogen (secondary N) is 2. The molecule has 1 aromatic rings. The highest BCUT2D eigenvalue weighted by atomic mass is 16.5. The molecule has 31 heavy (non-hydrogen) atoms. The molecule has 2 aliphatic heterocycles. The number of likely N-dealkylation sites (N-methyl/N-ethyl adjacent to an activating group) is 1. The summed E-state index contributed by atoms with van der Waals surface area (Å²) in [5.74, 6) is 0.846. The van der Waals surface area contributed by atoms with Crippen LogP contribution < -0.4 is 10.6 Å². The SMILES string of the molecule is CCN1CCN(Cc2ccc(CNC(=NC)NCC(C)(C)N3CCOCC3)cc2)CC1. The van der Waals surface area contributed by atoms with Crippen molar-refractivity contribution in [2.75, 3.05) is 72.6 Å². The van der Waals surface area contributed by atoms with Gasteiger partial charge in [0.15, 0.2) is 5.96 Å². The van der Waals surface area contributed by atoms with Gasteiger partial charge in [0.25, 0.3) is 0 Å². The van der Waals surface area contributed by atoms with Crippen molar-refractivity contribution in [2.24, 2.45) is 4.99 Å². The molecule has 7 heteroatoms. The van der Waals surface area contributed by atoms with E-state index in [0.717, 1.165) is 58.4 Å². The average Bonchev–Trinajstić information content (AvgIpc) is 2.81. The number of hydrogen-bond donors (Lipinski definition) is 2. The lowest BCUT2D eigenvalue weighted by atomic mass is 10.0. The molecule has 0 radical (unpaired) electrons. The second-order valence-electron chi connectivity index (χ2n) is 9.22. The number of morpholine rings is 1. The molecule has 3 rings (SSSR count). The monoisotopic (exact) mass is 430 g/mol. The summed E-state index contributed by atoms with van der Waals surface area (Å²) in [4.78, 5) is 12.0. The Morgan fingerprint density at radius 2 is 1.55 bits per heavy atom. The van der Waals surface area contributed by atoms with Crippen molar-refractivity contribution in [1.29, 1.82) is 0 Å². The molecule has 7 nitrogen and oxygen atoms in total. The highest BCUT2D eigenvalue weighted by Gasteiger charge is 2.28. The Morgan fingerprint density at radius 3 is 2.16 bits per heavy atom. The van der Waals surface area contributed by atoms with Gasteiger partial charge >= 0.3 is 0 Å². The molecule has 0 bridgehead atoms. The number of nitrogens with zero attached hydrogens (tertiary/aromatic N) is 4. The van der Waals surface area contributed by atoms with E-state index in [-0.39, 0.29) is 5.54 Å². The number of benzene rings is 1. The van der Waals surface area contributed by atoms with Gasteiger partial charge in [-0.3, -0.25) is 14.8 Å². The summed E-state index contributed by atoms with van der Waals surface area (Å²) in [7, 11) is 1.83. The maximum Gasteiger partial charge on any atom is 0.191 e. The summed E-state index contributed by atoms with van der Waals surface area (Å²) in [6.45, 7) is 19.0. The fourth-order valence-electron chi connectivity index (χ4n) is 4.27. The minimum absolute atomic E-state index is 0.0612. The highest BCUT2D eigenvalue weighted by Crippen LogP contribution is 2.15. The van der Waals surface area contributed by atoms with Crippen molar-refractivity contribution in [3.05, 3.63) is 35.4 Å². The van der Waals surface area contributed by atoms with E-state index in [2.05, 4.69) is 75.4 Å². The van der Waals surface area contributed by atoms with Crippen LogP contribution in [0.15, 0.2) is 29.3 Å². The van der Waals surface area contributed by atoms with Crippen LogP contribution in [0.25, 0.3) is 0 Å². The van der Waals surface area contributed by atoms with Gasteiger partial charge < -0.3 is 20.3 Å². The minimum atomic E-state index is 0.0612. The van der Waals surface area contributed by atoms with E-state index in [1.165, 1.54) is 37.3 Å². The molecule has 2 saturated heterocycles. The summed E-state index contributed by atoms with van der Waals surface area (Å²) in [5.41, 5.74) is 2.73. The Kier molecular flexibility index (Phi) is 9.14.